The Balaban J connectivity index is 1.52. The molecule has 5 unspecified atom stereocenters. The molecule has 2 nitrogen and oxygen atoms in total. The third-order valence-corrected chi connectivity index (χ3v) is 5.68. The van der Waals surface area contributed by atoms with Crippen molar-refractivity contribution in [2.45, 2.75) is 51.6 Å². The van der Waals surface area contributed by atoms with Gasteiger partial charge in [-0.05, 0) is 55.8 Å². The second-order valence-electron chi connectivity index (χ2n) is 6.72. The van der Waals surface area contributed by atoms with Gasteiger partial charge in [-0.2, -0.15) is 0 Å². The lowest BCUT2D eigenvalue weighted by molar-refractivity contribution is 0.0162. The predicted molar refractivity (Wildman–Crippen MR) is 69.8 cm³/mol. The van der Waals surface area contributed by atoms with Gasteiger partial charge in [0.15, 0.2) is 0 Å². The van der Waals surface area contributed by atoms with E-state index in [0.29, 0.717) is 5.92 Å². The van der Waals surface area contributed by atoms with Crippen molar-refractivity contribution in [3.8, 4) is 0 Å². The van der Waals surface area contributed by atoms with Crippen LogP contribution in [-0.2, 0) is 0 Å². The number of rotatable bonds is 3. The molecule has 0 aromatic carbocycles. The van der Waals surface area contributed by atoms with Crippen LogP contribution in [0.2, 0.25) is 0 Å². The van der Waals surface area contributed by atoms with Gasteiger partial charge < -0.3 is 10.0 Å². The maximum absolute atomic E-state index is 9.93. The van der Waals surface area contributed by atoms with Crippen LogP contribution in [0.25, 0.3) is 0 Å². The van der Waals surface area contributed by atoms with E-state index in [0.717, 1.165) is 43.7 Å². The monoisotopic (exact) mass is 237 g/mol. The highest BCUT2D eigenvalue weighted by molar-refractivity contribution is 4.92. The number of nitrogens with zero attached hydrogens (tertiary/aromatic N) is 1. The summed E-state index contributed by atoms with van der Waals surface area (Å²) in [6.45, 7) is 5.82. The minimum atomic E-state index is -0.0312. The van der Waals surface area contributed by atoms with Crippen LogP contribution in [0.1, 0.15) is 45.4 Å². The molecule has 3 fully saturated rings. The molecule has 3 aliphatic rings. The summed E-state index contributed by atoms with van der Waals surface area (Å²) >= 11 is 0. The minimum Gasteiger partial charge on any atom is -0.393 e. The SMILES string of the molecule is CCC1CN(CC2CC3CCC2C3)CCC1O. The van der Waals surface area contributed by atoms with Crippen molar-refractivity contribution in [2.75, 3.05) is 19.6 Å². The average Bonchev–Trinajstić information content (AvgIpc) is 2.93. The molecule has 17 heavy (non-hydrogen) atoms. The highest BCUT2D eigenvalue weighted by Gasteiger charge is 2.40. The number of piperidine rings is 1. The van der Waals surface area contributed by atoms with Crippen LogP contribution in [-0.4, -0.2) is 35.7 Å². The van der Waals surface area contributed by atoms with Crippen LogP contribution in [0.4, 0.5) is 0 Å². The van der Waals surface area contributed by atoms with Crippen molar-refractivity contribution in [3.05, 3.63) is 0 Å². The summed E-state index contributed by atoms with van der Waals surface area (Å²) in [4.78, 5) is 2.65. The molecule has 2 aliphatic carbocycles. The predicted octanol–water partition coefficient (Wildman–Crippen LogP) is 2.52. The van der Waals surface area contributed by atoms with Gasteiger partial charge in [0.1, 0.15) is 0 Å². The maximum atomic E-state index is 9.93. The number of likely N-dealkylation sites (tertiary alicyclic amines) is 1. The average molecular weight is 237 g/mol. The molecule has 0 amide bonds. The Labute approximate surface area is 105 Å². The smallest absolute Gasteiger partial charge is 0.0592 e. The van der Waals surface area contributed by atoms with Crippen LogP contribution >= 0.6 is 0 Å². The first-order valence-corrected chi connectivity index (χ1v) is 7.66. The Bertz CT molecular complexity index is 268. The van der Waals surface area contributed by atoms with Crippen LogP contribution in [0.15, 0.2) is 0 Å². The van der Waals surface area contributed by atoms with Gasteiger partial charge in [0, 0.05) is 19.6 Å². The van der Waals surface area contributed by atoms with E-state index in [1.165, 1.54) is 32.2 Å². The fourth-order valence-corrected chi connectivity index (χ4v) is 4.59. The highest BCUT2D eigenvalue weighted by atomic mass is 16.3. The molecule has 1 N–H and O–H groups in total. The number of aliphatic hydroxyl groups is 1. The third kappa shape index (κ3) is 2.39. The van der Waals surface area contributed by atoms with Gasteiger partial charge in [0.2, 0.25) is 0 Å². The Morgan fingerprint density at radius 2 is 2.00 bits per heavy atom. The lowest BCUT2D eigenvalue weighted by Crippen LogP contribution is -2.45. The maximum Gasteiger partial charge on any atom is 0.0592 e. The number of hydrogen-bond donors (Lipinski definition) is 1. The Kier molecular flexibility index (Phi) is 3.45. The number of hydrogen-bond acceptors (Lipinski definition) is 2. The van der Waals surface area contributed by atoms with Crippen molar-refractivity contribution >= 4 is 0 Å². The summed E-state index contributed by atoms with van der Waals surface area (Å²) in [5.41, 5.74) is 0. The molecule has 1 heterocycles. The van der Waals surface area contributed by atoms with E-state index in [4.69, 9.17) is 0 Å². The van der Waals surface area contributed by atoms with E-state index in [2.05, 4.69) is 11.8 Å². The van der Waals surface area contributed by atoms with Crippen LogP contribution < -0.4 is 0 Å². The molecule has 3 rings (SSSR count). The number of fused-ring (bicyclic) bond motifs is 2. The lowest BCUT2D eigenvalue weighted by Gasteiger charge is -2.38. The van der Waals surface area contributed by atoms with Gasteiger partial charge in [-0.15, -0.1) is 0 Å². The van der Waals surface area contributed by atoms with Crippen LogP contribution in [0.3, 0.4) is 0 Å². The van der Waals surface area contributed by atoms with E-state index >= 15 is 0 Å². The van der Waals surface area contributed by atoms with Crippen LogP contribution in [0, 0.1) is 23.7 Å². The molecule has 98 valence electrons. The van der Waals surface area contributed by atoms with Gasteiger partial charge in [-0.25, -0.2) is 0 Å². The first-order chi connectivity index (χ1) is 8.26. The largest absolute Gasteiger partial charge is 0.393 e. The van der Waals surface area contributed by atoms with Crippen molar-refractivity contribution in [1.82, 2.24) is 4.90 Å². The van der Waals surface area contributed by atoms with E-state index in [1.807, 2.05) is 0 Å². The summed E-state index contributed by atoms with van der Waals surface area (Å²) in [5.74, 6) is 3.64. The summed E-state index contributed by atoms with van der Waals surface area (Å²) in [6, 6.07) is 0. The molecule has 2 bridgehead atoms. The van der Waals surface area contributed by atoms with Gasteiger partial charge >= 0.3 is 0 Å². The normalized spacial score (nSPS) is 46.6. The van der Waals surface area contributed by atoms with Crippen molar-refractivity contribution < 1.29 is 5.11 Å². The van der Waals surface area contributed by atoms with Gasteiger partial charge in [0.05, 0.1) is 6.10 Å². The molecule has 1 saturated heterocycles. The number of aliphatic hydroxyl groups excluding tert-OH is 1. The third-order valence-electron chi connectivity index (χ3n) is 5.68. The zero-order valence-corrected chi connectivity index (χ0v) is 11.1. The van der Waals surface area contributed by atoms with Gasteiger partial charge in [0.25, 0.3) is 0 Å². The van der Waals surface area contributed by atoms with Gasteiger partial charge in [-0.3, -0.25) is 0 Å². The summed E-state index contributed by atoms with van der Waals surface area (Å²) in [5, 5.41) is 9.93. The van der Waals surface area contributed by atoms with E-state index in [9.17, 15) is 5.11 Å². The molecule has 0 radical (unpaired) electrons. The summed E-state index contributed by atoms with van der Waals surface area (Å²) < 4.78 is 0. The molecule has 2 heteroatoms. The topological polar surface area (TPSA) is 23.5 Å². The standard InChI is InChI=1S/C15H27NO/c1-2-12-9-16(6-5-15(12)17)10-14-8-11-3-4-13(14)7-11/h11-15,17H,2-10H2,1H3. The summed E-state index contributed by atoms with van der Waals surface area (Å²) in [7, 11) is 0. The Hall–Kier alpha value is -0.0800. The quantitative estimate of drug-likeness (QED) is 0.815. The van der Waals surface area contributed by atoms with E-state index in [1.54, 1.807) is 0 Å². The summed E-state index contributed by atoms with van der Waals surface area (Å²) in [6.07, 6.45) is 8.14. The molecule has 0 aromatic heterocycles. The first kappa shape index (κ1) is 12.0. The van der Waals surface area contributed by atoms with Gasteiger partial charge in [-0.1, -0.05) is 13.3 Å². The fourth-order valence-electron chi connectivity index (χ4n) is 4.59. The zero-order valence-electron chi connectivity index (χ0n) is 11.1. The van der Waals surface area contributed by atoms with Crippen molar-refractivity contribution in [1.29, 1.82) is 0 Å². The van der Waals surface area contributed by atoms with Crippen molar-refractivity contribution in [3.63, 3.8) is 0 Å². The zero-order chi connectivity index (χ0) is 11.8. The molecular formula is C15H27NO. The molecular weight excluding hydrogens is 210 g/mol. The Morgan fingerprint density at radius 1 is 1.12 bits per heavy atom. The van der Waals surface area contributed by atoms with Crippen molar-refractivity contribution in [2.24, 2.45) is 23.7 Å². The molecule has 0 aromatic rings. The second-order valence-corrected chi connectivity index (χ2v) is 6.72. The minimum absolute atomic E-state index is 0.0312. The Morgan fingerprint density at radius 3 is 2.65 bits per heavy atom. The van der Waals surface area contributed by atoms with Crippen LogP contribution in [0.5, 0.6) is 0 Å². The van der Waals surface area contributed by atoms with E-state index in [-0.39, 0.29) is 6.10 Å². The van der Waals surface area contributed by atoms with E-state index < -0.39 is 0 Å². The fraction of sp³-hybridized carbons (Fsp3) is 1.00. The molecule has 5 atom stereocenters. The first-order valence-electron chi connectivity index (χ1n) is 7.66. The highest BCUT2D eigenvalue weighted by Crippen LogP contribution is 2.48. The molecule has 2 saturated carbocycles. The molecule has 0 spiro atoms. The second kappa shape index (κ2) is 4.89. The lowest BCUT2D eigenvalue weighted by atomic mass is 9.86. The molecule has 1 aliphatic heterocycles.